The number of rotatable bonds is 6. The van der Waals surface area contributed by atoms with E-state index in [1.165, 1.54) is 18.2 Å². The van der Waals surface area contributed by atoms with Crippen molar-refractivity contribution in [3.8, 4) is 0 Å². The van der Waals surface area contributed by atoms with Crippen LogP contribution in [0.2, 0.25) is 0 Å². The van der Waals surface area contributed by atoms with Crippen molar-refractivity contribution in [1.82, 2.24) is 9.47 Å². The molecule has 0 unspecified atom stereocenters. The summed E-state index contributed by atoms with van der Waals surface area (Å²) in [6, 6.07) is 11.3. The molecule has 160 valence electrons. The van der Waals surface area contributed by atoms with Gasteiger partial charge in [0.05, 0.1) is 17.9 Å². The van der Waals surface area contributed by atoms with Crippen LogP contribution < -0.4 is 10.3 Å². The molecular formula is C21H25N3O5S. The van der Waals surface area contributed by atoms with Gasteiger partial charge in [0.2, 0.25) is 5.91 Å². The maximum absolute atomic E-state index is 13.0. The molecule has 0 saturated carbocycles. The number of carbonyl (C=O) groups is 1. The van der Waals surface area contributed by atoms with E-state index in [-0.39, 0.29) is 33.9 Å². The van der Waals surface area contributed by atoms with E-state index in [4.69, 9.17) is 4.74 Å². The van der Waals surface area contributed by atoms with Crippen LogP contribution in [0.5, 0.6) is 0 Å². The molecule has 1 aromatic carbocycles. The van der Waals surface area contributed by atoms with Crippen LogP contribution in [0, 0.1) is 5.92 Å². The first-order chi connectivity index (χ1) is 14.4. The highest BCUT2D eigenvalue weighted by molar-refractivity contribution is 7.92. The van der Waals surface area contributed by atoms with Gasteiger partial charge in [-0.2, -0.15) is 0 Å². The Morgan fingerprint density at radius 1 is 1.13 bits per heavy atom. The average molecular weight is 432 g/mol. The Labute approximate surface area is 175 Å². The fraction of sp³-hybridized carbons (Fsp3) is 0.429. The number of carbonyl (C=O) groups excluding carboxylic acids is 1. The van der Waals surface area contributed by atoms with Crippen LogP contribution in [-0.2, 0) is 26.1 Å². The number of nitrogens with zero attached hydrogens (tertiary/aromatic N) is 2. The number of methoxy groups -OCH3 is 1. The van der Waals surface area contributed by atoms with Crippen molar-refractivity contribution in [2.75, 3.05) is 31.5 Å². The largest absolute Gasteiger partial charge is 0.384 e. The number of nitrogens with one attached hydrogen (secondary N) is 1. The standard InChI is InChI=1S/C21H25N3O5S/c1-29-10-9-20(25)23-12-15-11-16(14-23)19-8-7-18(21(26)24(19)13-15)22-30(27,28)17-5-3-2-4-6-17/h2-8,15-16,22H,9-14H2,1H3/t15-,16+/m0/s1. The van der Waals surface area contributed by atoms with Gasteiger partial charge in [-0.3, -0.25) is 14.3 Å². The summed E-state index contributed by atoms with van der Waals surface area (Å²) in [6.45, 7) is 2.03. The van der Waals surface area contributed by atoms with E-state index in [2.05, 4.69) is 4.72 Å². The van der Waals surface area contributed by atoms with Gasteiger partial charge >= 0.3 is 0 Å². The minimum absolute atomic E-state index is 0.0376. The van der Waals surface area contributed by atoms with Crippen molar-refractivity contribution in [1.29, 1.82) is 0 Å². The number of hydrogen-bond acceptors (Lipinski definition) is 5. The first-order valence-corrected chi connectivity index (χ1v) is 11.5. The third-order valence-corrected chi connectivity index (χ3v) is 7.16. The van der Waals surface area contributed by atoms with E-state index >= 15 is 0 Å². The van der Waals surface area contributed by atoms with Gasteiger partial charge in [-0.1, -0.05) is 18.2 Å². The Bertz CT molecular complexity index is 1100. The SMILES string of the molecule is COCCC(=O)N1C[C@@H]2C[C@H](C1)c1ccc(NS(=O)(=O)c3ccccc3)c(=O)n1C2. The highest BCUT2D eigenvalue weighted by atomic mass is 32.2. The average Bonchev–Trinajstić information content (AvgIpc) is 2.74. The van der Waals surface area contributed by atoms with Gasteiger partial charge in [-0.15, -0.1) is 0 Å². The first kappa shape index (κ1) is 20.6. The lowest BCUT2D eigenvalue weighted by Crippen LogP contribution is -2.49. The summed E-state index contributed by atoms with van der Waals surface area (Å²) in [7, 11) is -2.26. The lowest BCUT2D eigenvalue weighted by Gasteiger charge is -2.43. The molecule has 0 spiro atoms. The molecule has 2 aromatic rings. The van der Waals surface area contributed by atoms with Crippen LogP contribution in [0.25, 0.3) is 0 Å². The van der Waals surface area contributed by atoms with Gasteiger partial charge in [0.15, 0.2) is 0 Å². The molecule has 2 bridgehead atoms. The molecule has 2 aliphatic heterocycles. The Balaban J connectivity index is 1.58. The van der Waals surface area contributed by atoms with Crippen molar-refractivity contribution in [2.24, 2.45) is 5.92 Å². The van der Waals surface area contributed by atoms with E-state index in [0.717, 1.165) is 12.1 Å². The molecule has 1 N–H and O–H groups in total. The lowest BCUT2D eigenvalue weighted by atomic mass is 9.83. The highest BCUT2D eigenvalue weighted by Gasteiger charge is 2.36. The monoisotopic (exact) mass is 431 g/mol. The molecule has 8 nitrogen and oxygen atoms in total. The predicted molar refractivity (Wildman–Crippen MR) is 112 cm³/mol. The van der Waals surface area contributed by atoms with Gasteiger partial charge in [0.25, 0.3) is 15.6 Å². The van der Waals surface area contributed by atoms with Crippen molar-refractivity contribution in [3.63, 3.8) is 0 Å². The number of likely N-dealkylation sites (tertiary alicyclic amines) is 1. The minimum Gasteiger partial charge on any atom is -0.384 e. The Hall–Kier alpha value is -2.65. The number of aromatic nitrogens is 1. The molecule has 4 rings (SSSR count). The van der Waals surface area contributed by atoms with Crippen molar-refractivity contribution < 1.29 is 17.9 Å². The van der Waals surface area contributed by atoms with E-state index in [1.807, 2.05) is 4.90 Å². The van der Waals surface area contributed by atoms with Crippen molar-refractivity contribution >= 4 is 21.6 Å². The van der Waals surface area contributed by atoms with Crippen LogP contribution in [0.1, 0.15) is 24.5 Å². The number of anilines is 1. The first-order valence-electron chi connectivity index (χ1n) is 9.97. The van der Waals surface area contributed by atoms with Crippen LogP contribution in [0.4, 0.5) is 5.69 Å². The van der Waals surface area contributed by atoms with E-state index < -0.39 is 10.0 Å². The third kappa shape index (κ3) is 3.99. The number of piperidine rings is 1. The van der Waals surface area contributed by atoms with Crippen LogP contribution in [0.3, 0.4) is 0 Å². The second-order valence-corrected chi connectivity index (χ2v) is 9.53. The predicted octanol–water partition coefficient (Wildman–Crippen LogP) is 1.63. The fourth-order valence-electron chi connectivity index (χ4n) is 4.38. The fourth-order valence-corrected chi connectivity index (χ4v) is 5.46. The molecule has 1 aromatic heterocycles. The summed E-state index contributed by atoms with van der Waals surface area (Å²) in [6.07, 6.45) is 1.27. The topological polar surface area (TPSA) is 97.7 Å². The van der Waals surface area contributed by atoms with Gasteiger partial charge in [-0.05, 0) is 36.6 Å². The van der Waals surface area contributed by atoms with E-state index in [1.54, 1.807) is 35.9 Å². The van der Waals surface area contributed by atoms with Crippen molar-refractivity contribution in [2.45, 2.75) is 30.2 Å². The summed E-state index contributed by atoms with van der Waals surface area (Å²) in [4.78, 5) is 27.4. The summed E-state index contributed by atoms with van der Waals surface area (Å²) in [5, 5.41) is 0. The molecular weight excluding hydrogens is 406 g/mol. The number of sulfonamides is 1. The van der Waals surface area contributed by atoms with E-state index in [9.17, 15) is 18.0 Å². The number of pyridine rings is 1. The van der Waals surface area contributed by atoms with E-state index in [0.29, 0.717) is 32.7 Å². The number of hydrogen-bond donors (Lipinski definition) is 1. The van der Waals surface area contributed by atoms with Crippen molar-refractivity contribution in [3.05, 3.63) is 58.5 Å². The Kier molecular flexibility index (Phi) is 5.66. The maximum atomic E-state index is 13.0. The second kappa shape index (κ2) is 8.23. The zero-order valence-electron chi connectivity index (χ0n) is 16.8. The van der Waals surface area contributed by atoms with Gasteiger partial charge in [0.1, 0.15) is 5.69 Å². The zero-order valence-corrected chi connectivity index (χ0v) is 17.6. The minimum atomic E-state index is -3.84. The number of fused-ring (bicyclic) bond motifs is 4. The van der Waals surface area contributed by atoms with Gasteiger partial charge in [-0.25, -0.2) is 8.42 Å². The maximum Gasteiger partial charge on any atom is 0.275 e. The molecule has 0 radical (unpaired) electrons. The second-order valence-electron chi connectivity index (χ2n) is 7.85. The molecule has 0 aliphatic carbocycles. The lowest BCUT2D eigenvalue weighted by molar-refractivity contribution is -0.134. The van der Waals surface area contributed by atoms with Crippen LogP contribution in [-0.4, -0.2) is 50.6 Å². The molecule has 2 atom stereocenters. The Morgan fingerprint density at radius 3 is 2.63 bits per heavy atom. The molecule has 30 heavy (non-hydrogen) atoms. The van der Waals surface area contributed by atoms with Crippen LogP contribution >= 0.6 is 0 Å². The molecule has 1 fully saturated rings. The zero-order chi connectivity index (χ0) is 21.3. The number of amides is 1. The molecule has 1 saturated heterocycles. The summed E-state index contributed by atoms with van der Waals surface area (Å²) in [5.74, 6) is 0.299. The highest BCUT2D eigenvalue weighted by Crippen LogP contribution is 2.35. The quantitative estimate of drug-likeness (QED) is 0.750. The Morgan fingerprint density at radius 2 is 1.90 bits per heavy atom. The molecule has 9 heteroatoms. The third-order valence-electron chi connectivity index (χ3n) is 5.77. The number of ether oxygens (including phenoxy) is 1. The summed E-state index contributed by atoms with van der Waals surface area (Å²) >= 11 is 0. The molecule has 3 heterocycles. The smallest absolute Gasteiger partial charge is 0.275 e. The van der Waals surface area contributed by atoms with Gasteiger partial charge < -0.3 is 14.2 Å². The summed E-state index contributed by atoms with van der Waals surface area (Å²) < 4.78 is 34.3. The molecule has 1 amide bonds. The molecule has 2 aliphatic rings. The normalized spacial score (nSPS) is 20.5. The number of benzene rings is 1. The van der Waals surface area contributed by atoms with Crippen LogP contribution in [0.15, 0.2) is 52.2 Å². The summed E-state index contributed by atoms with van der Waals surface area (Å²) in [5.41, 5.74) is 0.541. The van der Waals surface area contributed by atoms with Gasteiger partial charge in [0, 0.05) is 38.4 Å².